The SMILES string of the molecule is CNCCCC(=O)NC1CCN(c2cc(OC)cc(OC)c2)C1.Cl.Cl. The molecule has 0 bridgehead atoms. The second-order valence-corrected chi connectivity index (χ2v) is 5.78. The van der Waals surface area contributed by atoms with Crippen LogP contribution < -0.4 is 25.0 Å². The molecule has 144 valence electrons. The number of amides is 1. The topological polar surface area (TPSA) is 62.8 Å². The summed E-state index contributed by atoms with van der Waals surface area (Å²) in [4.78, 5) is 14.2. The van der Waals surface area contributed by atoms with Gasteiger partial charge in [-0.2, -0.15) is 0 Å². The van der Waals surface area contributed by atoms with Crippen LogP contribution in [0.1, 0.15) is 19.3 Å². The van der Waals surface area contributed by atoms with E-state index in [1.807, 2.05) is 25.2 Å². The van der Waals surface area contributed by atoms with Crippen LogP contribution in [0.25, 0.3) is 0 Å². The minimum atomic E-state index is 0. The van der Waals surface area contributed by atoms with Crippen molar-refractivity contribution >= 4 is 36.4 Å². The third kappa shape index (κ3) is 7.18. The van der Waals surface area contributed by atoms with Crippen LogP contribution in [0.2, 0.25) is 0 Å². The summed E-state index contributed by atoms with van der Waals surface area (Å²) in [5, 5.41) is 6.18. The van der Waals surface area contributed by atoms with Gasteiger partial charge in [-0.3, -0.25) is 4.79 Å². The molecule has 8 heteroatoms. The molecule has 0 radical (unpaired) electrons. The number of carbonyl (C=O) groups excluding carboxylic acids is 1. The van der Waals surface area contributed by atoms with Crippen molar-refractivity contribution in [3.05, 3.63) is 18.2 Å². The Bertz CT molecular complexity index is 510. The number of nitrogens with one attached hydrogen (secondary N) is 2. The van der Waals surface area contributed by atoms with Crippen LogP contribution in [0, 0.1) is 0 Å². The van der Waals surface area contributed by atoms with Gasteiger partial charge >= 0.3 is 0 Å². The van der Waals surface area contributed by atoms with Crippen molar-refractivity contribution in [3.63, 3.8) is 0 Å². The Morgan fingerprint density at radius 3 is 2.40 bits per heavy atom. The van der Waals surface area contributed by atoms with Gasteiger partial charge in [0.1, 0.15) is 11.5 Å². The van der Waals surface area contributed by atoms with E-state index in [1.165, 1.54) is 0 Å². The second kappa shape index (κ2) is 12.1. The van der Waals surface area contributed by atoms with Crippen LogP contribution in [0.15, 0.2) is 18.2 Å². The molecule has 1 heterocycles. The number of benzene rings is 1. The van der Waals surface area contributed by atoms with Gasteiger partial charge in [-0.15, -0.1) is 24.8 Å². The number of halogens is 2. The lowest BCUT2D eigenvalue weighted by atomic mass is 10.2. The van der Waals surface area contributed by atoms with Gasteiger partial charge in [0, 0.05) is 49.4 Å². The van der Waals surface area contributed by atoms with Gasteiger partial charge in [-0.05, 0) is 26.4 Å². The van der Waals surface area contributed by atoms with Crippen molar-refractivity contribution in [2.45, 2.75) is 25.3 Å². The van der Waals surface area contributed by atoms with Gasteiger partial charge in [-0.1, -0.05) is 0 Å². The molecule has 1 amide bonds. The number of nitrogens with zero attached hydrogens (tertiary/aromatic N) is 1. The first-order valence-electron chi connectivity index (χ1n) is 8.08. The summed E-state index contributed by atoms with van der Waals surface area (Å²) in [6.07, 6.45) is 2.40. The first kappa shape index (κ1) is 23.6. The average Bonchev–Trinajstić information content (AvgIpc) is 3.03. The summed E-state index contributed by atoms with van der Waals surface area (Å²) in [5.41, 5.74) is 1.06. The Kier molecular flexibility index (Phi) is 11.4. The monoisotopic (exact) mass is 393 g/mol. The molecule has 0 aromatic heterocycles. The van der Waals surface area contributed by atoms with Gasteiger partial charge in [0.15, 0.2) is 0 Å². The molecule has 1 aliphatic rings. The lowest BCUT2D eigenvalue weighted by Crippen LogP contribution is -2.37. The van der Waals surface area contributed by atoms with E-state index in [0.717, 1.165) is 49.7 Å². The van der Waals surface area contributed by atoms with Crippen molar-refractivity contribution < 1.29 is 14.3 Å². The van der Waals surface area contributed by atoms with E-state index in [4.69, 9.17) is 9.47 Å². The number of rotatable bonds is 8. The molecule has 1 unspecified atom stereocenters. The van der Waals surface area contributed by atoms with Crippen molar-refractivity contribution in [3.8, 4) is 11.5 Å². The zero-order valence-electron chi connectivity index (χ0n) is 15.0. The van der Waals surface area contributed by atoms with Crippen molar-refractivity contribution in [1.29, 1.82) is 0 Å². The molecule has 6 nitrogen and oxygen atoms in total. The number of carbonyl (C=O) groups is 1. The fraction of sp³-hybridized carbons (Fsp3) is 0.588. The number of hydrogen-bond donors (Lipinski definition) is 2. The largest absolute Gasteiger partial charge is 0.497 e. The number of methoxy groups -OCH3 is 2. The molecule has 1 aliphatic heterocycles. The predicted octanol–water partition coefficient (Wildman–Crippen LogP) is 2.24. The molecular formula is C17H29Cl2N3O3. The highest BCUT2D eigenvalue weighted by atomic mass is 35.5. The van der Waals surface area contributed by atoms with E-state index in [-0.39, 0.29) is 36.8 Å². The van der Waals surface area contributed by atoms with Gasteiger partial charge in [0.25, 0.3) is 0 Å². The molecule has 0 saturated carbocycles. The van der Waals surface area contributed by atoms with Gasteiger partial charge in [0.05, 0.1) is 14.2 Å². The maximum absolute atomic E-state index is 11.9. The molecule has 0 aliphatic carbocycles. The molecule has 2 rings (SSSR count). The van der Waals surface area contributed by atoms with E-state index in [2.05, 4.69) is 15.5 Å². The van der Waals surface area contributed by atoms with Gasteiger partial charge in [0.2, 0.25) is 5.91 Å². The first-order chi connectivity index (χ1) is 11.2. The van der Waals surface area contributed by atoms with Crippen molar-refractivity contribution in [2.24, 2.45) is 0 Å². The molecule has 0 spiro atoms. The Balaban J connectivity index is 0.00000288. The smallest absolute Gasteiger partial charge is 0.220 e. The predicted molar refractivity (Wildman–Crippen MR) is 106 cm³/mol. The maximum Gasteiger partial charge on any atom is 0.220 e. The van der Waals surface area contributed by atoms with Crippen LogP contribution >= 0.6 is 24.8 Å². The summed E-state index contributed by atoms with van der Waals surface area (Å²) < 4.78 is 10.6. The maximum atomic E-state index is 11.9. The van der Waals surface area contributed by atoms with Crippen LogP contribution in [-0.2, 0) is 4.79 Å². The van der Waals surface area contributed by atoms with E-state index in [9.17, 15) is 4.79 Å². The third-order valence-corrected chi connectivity index (χ3v) is 4.09. The van der Waals surface area contributed by atoms with Crippen LogP contribution in [0.3, 0.4) is 0 Å². The van der Waals surface area contributed by atoms with E-state index in [0.29, 0.717) is 6.42 Å². The molecule has 1 aromatic carbocycles. The number of anilines is 1. The van der Waals surface area contributed by atoms with E-state index < -0.39 is 0 Å². The summed E-state index contributed by atoms with van der Waals surface area (Å²) in [6, 6.07) is 6.06. The number of ether oxygens (including phenoxy) is 2. The quantitative estimate of drug-likeness (QED) is 0.663. The molecule has 2 N–H and O–H groups in total. The first-order valence-corrected chi connectivity index (χ1v) is 8.08. The van der Waals surface area contributed by atoms with Crippen molar-refractivity contribution in [2.75, 3.05) is 45.8 Å². The zero-order chi connectivity index (χ0) is 16.7. The molecule has 25 heavy (non-hydrogen) atoms. The molecular weight excluding hydrogens is 365 g/mol. The third-order valence-electron chi connectivity index (χ3n) is 4.09. The van der Waals surface area contributed by atoms with E-state index >= 15 is 0 Å². The molecule has 1 aromatic rings. The Morgan fingerprint density at radius 1 is 1.20 bits per heavy atom. The number of hydrogen-bond acceptors (Lipinski definition) is 5. The highest BCUT2D eigenvalue weighted by Crippen LogP contribution is 2.30. The van der Waals surface area contributed by atoms with Crippen LogP contribution in [0.4, 0.5) is 5.69 Å². The normalized spacial score (nSPS) is 15.8. The zero-order valence-corrected chi connectivity index (χ0v) is 16.7. The highest BCUT2D eigenvalue weighted by molar-refractivity contribution is 5.85. The highest BCUT2D eigenvalue weighted by Gasteiger charge is 2.24. The van der Waals surface area contributed by atoms with Gasteiger partial charge in [-0.25, -0.2) is 0 Å². The standard InChI is InChI=1S/C17H27N3O3.2ClH/c1-18-7-4-5-17(21)19-13-6-8-20(12-13)14-9-15(22-2)11-16(10-14)23-3;;/h9-11,13,18H,4-8,12H2,1-3H3,(H,19,21);2*1H. The fourth-order valence-corrected chi connectivity index (χ4v) is 2.81. The molecule has 1 saturated heterocycles. The molecule has 1 fully saturated rings. The Labute approximate surface area is 162 Å². The Morgan fingerprint density at radius 2 is 1.84 bits per heavy atom. The van der Waals surface area contributed by atoms with E-state index in [1.54, 1.807) is 14.2 Å². The van der Waals surface area contributed by atoms with Crippen LogP contribution in [0.5, 0.6) is 11.5 Å². The molecule has 1 atom stereocenters. The van der Waals surface area contributed by atoms with Crippen molar-refractivity contribution in [1.82, 2.24) is 10.6 Å². The van der Waals surface area contributed by atoms with Crippen LogP contribution in [-0.4, -0.2) is 52.9 Å². The minimum absolute atomic E-state index is 0. The summed E-state index contributed by atoms with van der Waals surface area (Å²) in [7, 11) is 5.20. The minimum Gasteiger partial charge on any atom is -0.497 e. The fourth-order valence-electron chi connectivity index (χ4n) is 2.81. The summed E-state index contributed by atoms with van der Waals surface area (Å²) >= 11 is 0. The van der Waals surface area contributed by atoms with Gasteiger partial charge < -0.3 is 25.0 Å². The summed E-state index contributed by atoms with van der Waals surface area (Å²) in [5.74, 6) is 1.69. The lowest BCUT2D eigenvalue weighted by Gasteiger charge is -2.20. The summed E-state index contributed by atoms with van der Waals surface area (Å²) in [6.45, 7) is 2.60. The lowest BCUT2D eigenvalue weighted by molar-refractivity contribution is -0.121. The Hall–Kier alpha value is -1.37. The second-order valence-electron chi connectivity index (χ2n) is 5.78. The average molecular weight is 394 g/mol.